The van der Waals surface area contributed by atoms with Gasteiger partial charge in [-0.05, 0) is 34.9 Å². The van der Waals surface area contributed by atoms with Gasteiger partial charge in [0.15, 0.2) is 0 Å². The zero-order chi connectivity index (χ0) is 13.9. The summed E-state index contributed by atoms with van der Waals surface area (Å²) < 4.78 is 2.57. The van der Waals surface area contributed by atoms with Crippen LogP contribution in [0.3, 0.4) is 0 Å². The highest BCUT2D eigenvalue weighted by Gasteiger charge is 2.18. The number of benzene rings is 1. The molecule has 0 saturated heterocycles. The van der Waals surface area contributed by atoms with Crippen molar-refractivity contribution in [3.05, 3.63) is 28.8 Å². The van der Waals surface area contributed by atoms with Crippen molar-refractivity contribution in [3.63, 3.8) is 0 Å². The molecule has 0 amide bonds. The molecule has 1 rings (SSSR count). The molecule has 1 nitrogen and oxygen atoms in total. The van der Waals surface area contributed by atoms with E-state index < -0.39 is 0 Å². The van der Waals surface area contributed by atoms with E-state index in [0.29, 0.717) is 11.8 Å². The van der Waals surface area contributed by atoms with Crippen LogP contribution in [0.2, 0.25) is 0 Å². The van der Waals surface area contributed by atoms with Crippen LogP contribution in [-0.4, -0.2) is 20.8 Å². The first-order chi connectivity index (χ1) is 8.40. The van der Waals surface area contributed by atoms with Gasteiger partial charge in [-0.15, -0.1) is 0 Å². The van der Waals surface area contributed by atoms with Gasteiger partial charge in [0.1, 0.15) is 0 Å². The predicted molar refractivity (Wildman–Crippen MR) is 91.0 cm³/mol. The van der Waals surface area contributed by atoms with E-state index in [9.17, 15) is 0 Å². The fourth-order valence-electron chi connectivity index (χ4n) is 2.76. The standard InChI is InChI=1S/C15H29NSi2/c1-6-7-12-8-9-13(10(2)3)15(16(17)18)14(12)11(4)5/h8-11H,6-7H2,1-5,17-18H3. The Bertz CT molecular complexity index is 398. The Labute approximate surface area is 119 Å². The van der Waals surface area contributed by atoms with Crippen LogP contribution < -0.4 is 4.23 Å². The molecule has 0 aromatic heterocycles. The highest BCUT2D eigenvalue weighted by atomic mass is 28.2. The Morgan fingerprint density at radius 3 is 2.06 bits per heavy atom. The summed E-state index contributed by atoms with van der Waals surface area (Å²) in [6.45, 7) is 11.6. The molecule has 0 spiro atoms. The van der Waals surface area contributed by atoms with Crippen LogP contribution in [0, 0.1) is 0 Å². The summed E-state index contributed by atoms with van der Waals surface area (Å²) in [5.74, 6) is 1.25. The van der Waals surface area contributed by atoms with Gasteiger partial charge in [-0.1, -0.05) is 53.2 Å². The fourth-order valence-corrected chi connectivity index (χ4v) is 3.76. The van der Waals surface area contributed by atoms with Gasteiger partial charge < -0.3 is 4.23 Å². The molecule has 0 bridgehead atoms. The molecule has 1 aromatic carbocycles. The number of rotatable bonds is 5. The van der Waals surface area contributed by atoms with E-state index >= 15 is 0 Å². The van der Waals surface area contributed by atoms with E-state index in [0.717, 1.165) is 20.8 Å². The van der Waals surface area contributed by atoms with Crippen molar-refractivity contribution in [2.24, 2.45) is 0 Å². The van der Waals surface area contributed by atoms with E-state index in [4.69, 9.17) is 0 Å². The van der Waals surface area contributed by atoms with Gasteiger partial charge in [0.05, 0.1) is 20.8 Å². The number of hydrogen-bond donors (Lipinski definition) is 0. The first-order valence-electron chi connectivity index (χ1n) is 7.23. The predicted octanol–water partition coefficient (Wildman–Crippen LogP) is 2.25. The molecule has 0 atom stereocenters. The van der Waals surface area contributed by atoms with E-state index in [2.05, 4.69) is 51.0 Å². The molecule has 3 heteroatoms. The topological polar surface area (TPSA) is 3.24 Å². The van der Waals surface area contributed by atoms with E-state index in [1.807, 2.05) is 0 Å². The van der Waals surface area contributed by atoms with Gasteiger partial charge in [-0.2, -0.15) is 0 Å². The largest absolute Gasteiger partial charge is 0.439 e. The molecule has 18 heavy (non-hydrogen) atoms. The second kappa shape index (κ2) is 6.57. The van der Waals surface area contributed by atoms with Gasteiger partial charge >= 0.3 is 0 Å². The van der Waals surface area contributed by atoms with Crippen molar-refractivity contribution in [2.75, 3.05) is 4.23 Å². The summed E-state index contributed by atoms with van der Waals surface area (Å²) in [7, 11) is 2.28. The summed E-state index contributed by atoms with van der Waals surface area (Å²) in [6.07, 6.45) is 2.46. The maximum atomic E-state index is 2.57. The monoisotopic (exact) mass is 279 g/mol. The molecular weight excluding hydrogens is 250 g/mol. The van der Waals surface area contributed by atoms with Crippen molar-refractivity contribution in [2.45, 2.75) is 59.3 Å². The minimum Gasteiger partial charge on any atom is -0.439 e. The lowest BCUT2D eigenvalue weighted by atomic mass is 9.87. The minimum absolute atomic E-state index is 0.624. The Balaban J connectivity index is 3.49. The van der Waals surface area contributed by atoms with Gasteiger partial charge in [0, 0.05) is 5.69 Å². The smallest absolute Gasteiger partial charge is 0.0965 e. The number of anilines is 1. The van der Waals surface area contributed by atoms with Crippen molar-refractivity contribution < 1.29 is 0 Å². The van der Waals surface area contributed by atoms with Crippen molar-refractivity contribution in [1.82, 2.24) is 0 Å². The van der Waals surface area contributed by atoms with E-state index in [-0.39, 0.29) is 0 Å². The van der Waals surface area contributed by atoms with E-state index in [1.165, 1.54) is 12.8 Å². The lowest BCUT2D eigenvalue weighted by molar-refractivity contribution is 0.805. The molecule has 0 fully saturated rings. The van der Waals surface area contributed by atoms with Crippen molar-refractivity contribution in [3.8, 4) is 0 Å². The maximum absolute atomic E-state index is 2.57. The second-order valence-electron chi connectivity index (χ2n) is 6.03. The third-order valence-corrected chi connectivity index (χ3v) is 4.40. The summed E-state index contributed by atoms with van der Waals surface area (Å²) in [5.41, 5.74) is 6.31. The molecular formula is C15H29NSi2. The minimum atomic E-state index is 0.624. The molecule has 0 saturated carbocycles. The zero-order valence-electron chi connectivity index (χ0n) is 13.2. The molecule has 102 valence electrons. The molecule has 1 aromatic rings. The van der Waals surface area contributed by atoms with Crippen LogP contribution in [0.5, 0.6) is 0 Å². The highest BCUT2D eigenvalue weighted by molar-refractivity contribution is 6.42. The molecule has 0 N–H and O–H groups in total. The molecule has 0 heterocycles. The van der Waals surface area contributed by atoms with Crippen LogP contribution in [0.4, 0.5) is 5.69 Å². The first kappa shape index (κ1) is 15.5. The molecule has 0 aliphatic rings. The van der Waals surface area contributed by atoms with Crippen molar-refractivity contribution >= 4 is 26.5 Å². The van der Waals surface area contributed by atoms with Crippen LogP contribution in [0.1, 0.15) is 69.6 Å². The summed E-state index contributed by atoms with van der Waals surface area (Å²) in [6, 6.07) is 4.75. The van der Waals surface area contributed by atoms with Gasteiger partial charge in [-0.25, -0.2) is 0 Å². The fraction of sp³-hybridized carbons (Fsp3) is 0.600. The third kappa shape index (κ3) is 3.26. The van der Waals surface area contributed by atoms with Crippen LogP contribution >= 0.6 is 0 Å². The van der Waals surface area contributed by atoms with Crippen LogP contribution in [0.15, 0.2) is 12.1 Å². The Kier molecular flexibility index (Phi) is 5.66. The average molecular weight is 280 g/mol. The number of hydrogen-bond acceptors (Lipinski definition) is 1. The molecule has 0 aliphatic carbocycles. The first-order valence-corrected chi connectivity index (χ1v) is 9.01. The van der Waals surface area contributed by atoms with Crippen molar-refractivity contribution in [1.29, 1.82) is 0 Å². The Hall–Kier alpha value is -0.546. The third-order valence-electron chi connectivity index (χ3n) is 3.50. The van der Waals surface area contributed by atoms with Gasteiger partial charge in [-0.3, -0.25) is 0 Å². The molecule has 0 aliphatic heterocycles. The Morgan fingerprint density at radius 1 is 1.06 bits per heavy atom. The normalized spacial score (nSPS) is 11.7. The van der Waals surface area contributed by atoms with Gasteiger partial charge in [0.25, 0.3) is 0 Å². The zero-order valence-corrected chi connectivity index (χ0v) is 17.2. The summed E-state index contributed by atoms with van der Waals surface area (Å²) >= 11 is 0. The SMILES string of the molecule is CCCc1ccc(C(C)C)c(N([SiH3])[SiH3])c1C(C)C. The lowest BCUT2D eigenvalue weighted by Crippen LogP contribution is -2.20. The van der Waals surface area contributed by atoms with E-state index in [1.54, 1.807) is 22.4 Å². The summed E-state index contributed by atoms with van der Waals surface area (Å²) in [4.78, 5) is 0. The average Bonchev–Trinajstić information content (AvgIpc) is 2.27. The molecule has 0 radical (unpaired) electrons. The Morgan fingerprint density at radius 2 is 1.67 bits per heavy atom. The van der Waals surface area contributed by atoms with Gasteiger partial charge in [0.2, 0.25) is 0 Å². The summed E-state index contributed by atoms with van der Waals surface area (Å²) in [5, 5.41) is 0. The van der Waals surface area contributed by atoms with Crippen LogP contribution in [0.25, 0.3) is 0 Å². The highest BCUT2D eigenvalue weighted by Crippen LogP contribution is 2.36. The van der Waals surface area contributed by atoms with Crippen LogP contribution in [-0.2, 0) is 6.42 Å². The lowest BCUT2D eigenvalue weighted by Gasteiger charge is -2.28. The molecule has 0 unspecified atom stereocenters. The number of nitrogens with zero attached hydrogens (tertiary/aromatic N) is 1. The number of aryl methyl sites for hydroxylation is 1. The quantitative estimate of drug-likeness (QED) is 0.747. The second-order valence-corrected chi connectivity index (χ2v) is 10.5. The maximum Gasteiger partial charge on any atom is 0.0965 e.